The molecule has 0 unspecified atom stereocenters. The summed E-state index contributed by atoms with van der Waals surface area (Å²) in [6.45, 7) is 3.89. The highest BCUT2D eigenvalue weighted by atomic mass is 32.2. The van der Waals surface area contributed by atoms with Crippen molar-refractivity contribution in [1.29, 1.82) is 0 Å². The van der Waals surface area contributed by atoms with Gasteiger partial charge in [-0.2, -0.15) is 0 Å². The highest BCUT2D eigenvalue weighted by molar-refractivity contribution is 7.99. The number of carbonyl (C=O) groups is 2. The molecule has 4 rings (SSSR count). The number of rotatable bonds is 8. The Morgan fingerprint density at radius 1 is 0.944 bits per heavy atom. The van der Waals surface area contributed by atoms with Gasteiger partial charge in [-0.25, -0.2) is 0 Å². The molecule has 0 aliphatic heterocycles. The standard InChI is InChI=1S/C27H27N5O3S/c1-17-10-12-19(13-11-17)25-30-31-27(32(25)3)36-16-24(33)28-22-14-18(2)21(15-23(22)35-4)29-26(34)20-8-6-5-7-9-20/h5-15H,16H2,1-4H3,(H,28,33)(H,29,34). The van der Waals surface area contributed by atoms with E-state index in [1.54, 1.807) is 24.3 Å². The Kier molecular flexibility index (Phi) is 7.70. The number of aryl methyl sites for hydroxylation is 2. The Morgan fingerprint density at radius 3 is 2.36 bits per heavy atom. The molecule has 3 aromatic carbocycles. The van der Waals surface area contributed by atoms with E-state index >= 15 is 0 Å². The van der Waals surface area contributed by atoms with Crippen molar-refractivity contribution in [3.8, 4) is 17.1 Å². The number of methoxy groups -OCH3 is 1. The number of carbonyl (C=O) groups excluding carboxylic acids is 2. The van der Waals surface area contributed by atoms with Crippen LogP contribution < -0.4 is 15.4 Å². The average Bonchev–Trinajstić information content (AvgIpc) is 3.25. The van der Waals surface area contributed by atoms with Gasteiger partial charge in [0.05, 0.1) is 18.6 Å². The molecular formula is C27H27N5O3S. The predicted octanol–water partition coefficient (Wildman–Crippen LogP) is 5.09. The average molecular weight is 502 g/mol. The molecule has 184 valence electrons. The summed E-state index contributed by atoms with van der Waals surface area (Å²) < 4.78 is 7.35. The Hall–Kier alpha value is -4.11. The van der Waals surface area contributed by atoms with Crippen molar-refractivity contribution in [2.24, 2.45) is 7.05 Å². The number of anilines is 2. The number of nitrogens with zero attached hydrogens (tertiary/aromatic N) is 3. The van der Waals surface area contributed by atoms with Crippen LogP contribution in [0.1, 0.15) is 21.5 Å². The lowest BCUT2D eigenvalue weighted by atomic mass is 10.1. The highest BCUT2D eigenvalue weighted by Gasteiger charge is 2.16. The van der Waals surface area contributed by atoms with Gasteiger partial charge in [0.15, 0.2) is 11.0 Å². The third kappa shape index (κ3) is 5.75. The van der Waals surface area contributed by atoms with Gasteiger partial charge in [-0.15, -0.1) is 10.2 Å². The minimum atomic E-state index is -0.220. The molecule has 0 spiro atoms. The molecule has 9 heteroatoms. The first kappa shape index (κ1) is 25.0. The fourth-order valence-corrected chi connectivity index (χ4v) is 4.30. The molecule has 36 heavy (non-hydrogen) atoms. The Bertz CT molecular complexity index is 1380. The predicted molar refractivity (Wildman–Crippen MR) is 143 cm³/mol. The topological polar surface area (TPSA) is 98.1 Å². The van der Waals surface area contributed by atoms with E-state index in [2.05, 4.69) is 20.8 Å². The van der Waals surface area contributed by atoms with Gasteiger partial charge in [-0.3, -0.25) is 9.59 Å². The van der Waals surface area contributed by atoms with E-state index in [9.17, 15) is 9.59 Å². The minimum absolute atomic E-state index is 0.147. The number of amides is 2. The maximum Gasteiger partial charge on any atom is 0.255 e. The lowest BCUT2D eigenvalue weighted by molar-refractivity contribution is -0.113. The van der Waals surface area contributed by atoms with Gasteiger partial charge in [0, 0.05) is 29.9 Å². The molecular weight excluding hydrogens is 474 g/mol. The van der Waals surface area contributed by atoms with Crippen LogP contribution in [0, 0.1) is 13.8 Å². The molecule has 8 nitrogen and oxygen atoms in total. The second-order valence-corrected chi connectivity index (χ2v) is 9.20. The Morgan fingerprint density at radius 2 is 1.67 bits per heavy atom. The van der Waals surface area contributed by atoms with Crippen LogP contribution in [-0.4, -0.2) is 39.4 Å². The van der Waals surface area contributed by atoms with Crippen LogP contribution in [0.25, 0.3) is 11.4 Å². The molecule has 0 bridgehead atoms. The quantitative estimate of drug-likeness (QED) is 0.326. The number of hydrogen-bond donors (Lipinski definition) is 2. The van der Waals surface area contributed by atoms with Gasteiger partial charge in [-0.1, -0.05) is 59.8 Å². The fourth-order valence-electron chi connectivity index (χ4n) is 3.58. The van der Waals surface area contributed by atoms with E-state index in [0.717, 1.165) is 17.0 Å². The smallest absolute Gasteiger partial charge is 0.255 e. The van der Waals surface area contributed by atoms with E-state index in [0.29, 0.717) is 27.8 Å². The maximum atomic E-state index is 12.7. The summed E-state index contributed by atoms with van der Waals surface area (Å²) in [5, 5.41) is 14.9. The largest absolute Gasteiger partial charge is 0.494 e. The number of hydrogen-bond acceptors (Lipinski definition) is 6. The molecule has 4 aromatic rings. The minimum Gasteiger partial charge on any atom is -0.494 e. The summed E-state index contributed by atoms with van der Waals surface area (Å²) in [5.41, 5.74) is 4.61. The van der Waals surface area contributed by atoms with Crippen LogP contribution in [0.15, 0.2) is 71.9 Å². The van der Waals surface area contributed by atoms with Crippen molar-refractivity contribution in [3.63, 3.8) is 0 Å². The molecule has 0 saturated carbocycles. The summed E-state index contributed by atoms with van der Waals surface area (Å²) in [7, 11) is 3.40. The first-order valence-electron chi connectivity index (χ1n) is 11.3. The number of aromatic nitrogens is 3. The first-order chi connectivity index (χ1) is 17.4. The van der Waals surface area contributed by atoms with E-state index < -0.39 is 0 Å². The molecule has 0 radical (unpaired) electrons. The molecule has 0 aliphatic rings. The van der Waals surface area contributed by atoms with Gasteiger partial charge < -0.3 is 19.9 Å². The van der Waals surface area contributed by atoms with Crippen molar-refractivity contribution in [1.82, 2.24) is 14.8 Å². The van der Waals surface area contributed by atoms with E-state index in [1.807, 2.05) is 67.9 Å². The second kappa shape index (κ2) is 11.1. The molecule has 2 N–H and O–H groups in total. The van der Waals surface area contributed by atoms with Crippen molar-refractivity contribution < 1.29 is 14.3 Å². The lowest BCUT2D eigenvalue weighted by Gasteiger charge is -2.15. The van der Waals surface area contributed by atoms with Gasteiger partial charge in [0.2, 0.25) is 5.91 Å². The summed E-state index contributed by atoms with van der Waals surface area (Å²) in [5.74, 6) is 0.904. The molecule has 1 heterocycles. The van der Waals surface area contributed by atoms with Crippen LogP contribution in [-0.2, 0) is 11.8 Å². The highest BCUT2D eigenvalue weighted by Crippen LogP contribution is 2.32. The SMILES string of the molecule is COc1cc(NC(=O)c2ccccc2)c(C)cc1NC(=O)CSc1nnc(-c2ccc(C)cc2)n1C. The van der Waals surface area contributed by atoms with Crippen molar-refractivity contribution in [2.75, 3.05) is 23.5 Å². The summed E-state index contributed by atoms with van der Waals surface area (Å²) in [4.78, 5) is 25.3. The summed E-state index contributed by atoms with van der Waals surface area (Å²) >= 11 is 1.30. The van der Waals surface area contributed by atoms with E-state index in [4.69, 9.17) is 4.74 Å². The molecule has 0 atom stereocenters. The van der Waals surface area contributed by atoms with Gasteiger partial charge in [0.1, 0.15) is 5.75 Å². The maximum absolute atomic E-state index is 12.7. The van der Waals surface area contributed by atoms with Crippen LogP contribution in [0.3, 0.4) is 0 Å². The zero-order chi connectivity index (χ0) is 25.7. The number of nitrogens with one attached hydrogen (secondary N) is 2. The third-order valence-corrected chi connectivity index (χ3v) is 6.60. The first-order valence-corrected chi connectivity index (χ1v) is 12.3. The van der Waals surface area contributed by atoms with Crippen LogP contribution in [0.5, 0.6) is 5.75 Å². The molecule has 1 aromatic heterocycles. The monoisotopic (exact) mass is 501 g/mol. The fraction of sp³-hybridized carbons (Fsp3) is 0.185. The van der Waals surface area contributed by atoms with Crippen LogP contribution >= 0.6 is 11.8 Å². The summed E-state index contributed by atoms with van der Waals surface area (Å²) in [6, 6.07) is 20.5. The van der Waals surface area contributed by atoms with Crippen molar-refractivity contribution in [2.45, 2.75) is 19.0 Å². The number of thioether (sulfide) groups is 1. The second-order valence-electron chi connectivity index (χ2n) is 8.26. The number of benzene rings is 3. The molecule has 2 amide bonds. The van der Waals surface area contributed by atoms with Crippen molar-refractivity contribution >= 4 is 35.0 Å². The summed E-state index contributed by atoms with van der Waals surface area (Å²) in [6.07, 6.45) is 0. The van der Waals surface area contributed by atoms with Gasteiger partial charge in [0.25, 0.3) is 5.91 Å². The Labute approximate surface area is 214 Å². The van der Waals surface area contributed by atoms with Crippen LogP contribution in [0.2, 0.25) is 0 Å². The zero-order valence-electron chi connectivity index (χ0n) is 20.5. The molecule has 0 saturated heterocycles. The van der Waals surface area contributed by atoms with Gasteiger partial charge in [-0.05, 0) is 37.6 Å². The zero-order valence-corrected chi connectivity index (χ0v) is 21.3. The normalized spacial score (nSPS) is 10.7. The third-order valence-electron chi connectivity index (χ3n) is 5.58. The molecule has 0 aliphatic carbocycles. The number of ether oxygens (including phenoxy) is 1. The van der Waals surface area contributed by atoms with E-state index in [-0.39, 0.29) is 17.6 Å². The Balaban J connectivity index is 1.41. The lowest BCUT2D eigenvalue weighted by Crippen LogP contribution is -2.16. The molecule has 0 fully saturated rings. The van der Waals surface area contributed by atoms with Crippen molar-refractivity contribution in [3.05, 3.63) is 83.4 Å². The van der Waals surface area contributed by atoms with E-state index in [1.165, 1.54) is 24.4 Å². The van der Waals surface area contributed by atoms with Gasteiger partial charge >= 0.3 is 0 Å². The van der Waals surface area contributed by atoms with Crippen LogP contribution in [0.4, 0.5) is 11.4 Å².